The highest BCUT2D eigenvalue weighted by atomic mass is 32.2. The molecule has 0 fully saturated rings. The molecule has 0 radical (unpaired) electrons. The van der Waals surface area contributed by atoms with Crippen LogP contribution in [0.5, 0.6) is 5.75 Å². The first kappa shape index (κ1) is 21.8. The normalized spacial score (nSPS) is 12.2. The summed E-state index contributed by atoms with van der Waals surface area (Å²) in [6, 6.07) is 6.01. The van der Waals surface area contributed by atoms with Crippen LogP contribution in [0.4, 0.5) is 4.79 Å². The van der Waals surface area contributed by atoms with Gasteiger partial charge in [-0.05, 0) is 38.0 Å². The lowest BCUT2D eigenvalue weighted by Gasteiger charge is -2.28. The van der Waals surface area contributed by atoms with Crippen molar-refractivity contribution in [2.45, 2.75) is 39.8 Å². The van der Waals surface area contributed by atoms with E-state index in [1.54, 1.807) is 24.0 Å². The average Bonchev–Trinajstić information content (AvgIpc) is 2.57. The number of rotatable bonds is 9. The van der Waals surface area contributed by atoms with Crippen molar-refractivity contribution >= 4 is 22.1 Å². The third-order valence-electron chi connectivity index (χ3n) is 3.60. The molecule has 0 aliphatic carbocycles. The zero-order chi connectivity index (χ0) is 19.7. The molecule has 8 nitrogen and oxygen atoms in total. The number of hydrogen-bond donors (Lipinski definition) is 1. The van der Waals surface area contributed by atoms with Crippen LogP contribution in [-0.4, -0.2) is 50.8 Å². The quantitative estimate of drug-likeness (QED) is 0.514. The molecule has 1 N–H and O–H groups in total. The first-order valence-corrected chi connectivity index (χ1v) is 10.2. The lowest BCUT2D eigenvalue weighted by molar-refractivity contribution is -0.141. The van der Waals surface area contributed by atoms with Crippen molar-refractivity contribution in [3.05, 3.63) is 29.8 Å². The fourth-order valence-corrected chi connectivity index (χ4v) is 2.59. The lowest BCUT2D eigenvalue weighted by atomic mass is 10.1. The maximum Gasteiger partial charge on any atom is 0.325 e. The summed E-state index contributed by atoms with van der Waals surface area (Å²) in [5, 5.41) is 2.55. The number of urea groups is 1. The van der Waals surface area contributed by atoms with E-state index < -0.39 is 16.1 Å². The minimum atomic E-state index is -3.58. The molecule has 1 aromatic rings. The van der Waals surface area contributed by atoms with Gasteiger partial charge >= 0.3 is 22.1 Å². The number of carbonyl (C=O) groups excluding carboxylic acids is 2. The maximum atomic E-state index is 12.4. The molecule has 0 heterocycles. The molecule has 146 valence electrons. The number of esters is 1. The molecule has 9 heteroatoms. The molecule has 2 amide bonds. The molecular weight excluding hydrogens is 360 g/mol. The molecule has 26 heavy (non-hydrogen) atoms. The first-order chi connectivity index (χ1) is 12.2. The van der Waals surface area contributed by atoms with E-state index in [4.69, 9.17) is 8.92 Å². The molecule has 0 aliphatic rings. The topological polar surface area (TPSA) is 102 Å². The third-order valence-corrected chi connectivity index (χ3v) is 4.09. The van der Waals surface area contributed by atoms with Crippen LogP contribution in [0.2, 0.25) is 0 Å². The van der Waals surface area contributed by atoms with Crippen molar-refractivity contribution in [1.82, 2.24) is 10.2 Å². The number of hydrogen-bond acceptors (Lipinski definition) is 6. The Morgan fingerprint density at radius 3 is 2.31 bits per heavy atom. The molecule has 1 unspecified atom stereocenters. The summed E-state index contributed by atoms with van der Waals surface area (Å²) in [6.07, 6.45) is 1.71. The number of amides is 2. The second-order valence-corrected chi connectivity index (χ2v) is 7.36. The first-order valence-electron chi connectivity index (χ1n) is 8.34. The summed E-state index contributed by atoms with van der Waals surface area (Å²) in [5.41, 5.74) is 0.803. The van der Waals surface area contributed by atoms with Crippen molar-refractivity contribution in [2.24, 2.45) is 0 Å². The summed E-state index contributed by atoms with van der Waals surface area (Å²) < 4.78 is 31.9. The minimum Gasteiger partial charge on any atom is -0.465 e. The Morgan fingerprint density at radius 1 is 1.19 bits per heavy atom. The van der Waals surface area contributed by atoms with Crippen LogP contribution in [0.25, 0.3) is 0 Å². The van der Waals surface area contributed by atoms with Gasteiger partial charge in [-0.15, -0.1) is 0 Å². The van der Waals surface area contributed by atoms with Crippen molar-refractivity contribution in [3.63, 3.8) is 0 Å². The molecule has 1 rings (SSSR count). The van der Waals surface area contributed by atoms with Gasteiger partial charge in [-0.2, -0.15) is 8.42 Å². The number of benzene rings is 1. The van der Waals surface area contributed by atoms with Gasteiger partial charge in [0.1, 0.15) is 12.3 Å². The summed E-state index contributed by atoms with van der Waals surface area (Å²) in [5.74, 6) is -0.287. The number of nitrogens with one attached hydrogen (secondary N) is 1. The lowest BCUT2D eigenvalue weighted by Crippen LogP contribution is -2.46. The maximum absolute atomic E-state index is 12.4. The zero-order valence-electron chi connectivity index (χ0n) is 15.5. The van der Waals surface area contributed by atoms with Crippen molar-refractivity contribution in [3.8, 4) is 5.75 Å². The van der Waals surface area contributed by atoms with Gasteiger partial charge in [0.25, 0.3) is 0 Å². The predicted molar refractivity (Wildman–Crippen MR) is 97.2 cm³/mol. The van der Waals surface area contributed by atoms with Gasteiger partial charge in [-0.1, -0.05) is 19.1 Å². The molecule has 0 spiro atoms. The minimum absolute atomic E-state index is 0.0517. The van der Waals surface area contributed by atoms with Gasteiger partial charge < -0.3 is 19.1 Å². The van der Waals surface area contributed by atoms with Gasteiger partial charge in [0.15, 0.2) is 0 Å². The van der Waals surface area contributed by atoms with Crippen LogP contribution in [0.1, 0.15) is 32.8 Å². The third kappa shape index (κ3) is 7.73. The van der Waals surface area contributed by atoms with E-state index in [-0.39, 0.29) is 31.0 Å². The Hall–Kier alpha value is -2.29. The van der Waals surface area contributed by atoms with Crippen LogP contribution in [0.3, 0.4) is 0 Å². The van der Waals surface area contributed by atoms with Crippen molar-refractivity contribution in [2.75, 3.05) is 19.4 Å². The standard InChI is InChI=1S/C17H26N2O6S/c1-5-13(3)19(17(21)18-11-16(20)24-6-2)12-14-7-9-15(10-8-14)25-26(4,22)23/h7-10,13H,5-6,11-12H2,1-4H3,(H,18,21). The summed E-state index contributed by atoms with van der Waals surface area (Å²) >= 11 is 0. The van der Waals surface area contributed by atoms with Gasteiger partial charge in [0.2, 0.25) is 0 Å². The predicted octanol–water partition coefficient (Wildman–Crippen LogP) is 1.90. The van der Waals surface area contributed by atoms with E-state index in [2.05, 4.69) is 5.32 Å². The number of ether oxygens (including phenoxy) is 1. The molecule has 1 aromatic carbocycles. The van der Waals surface area contributed by atoms with Gasteiger partial charge in [0, 0.05) is 12.6 Å². The monoisotopic (exact) mass is 386 g/mol. The Labute approximate surface area is 154 Å². The Bertz CT molecular complexity index is 702. The van der Waals surface area contributed by atoms with Gasteiger partial charge in [-0.25, -0.2) is 4.79 Å². The largest absolute Gasteiger partial charge is 0.465 e. The average molecular weight is 386 g/mol. The van der Waals surface area contributed by atoms with Gasteiger partial charge in [0.05, 0.1) is 12.9 Å². The summed E-state index contributed by atoms with van der Waals surface area (Å²) in [7, 11) is -3.58. The number of carbonyl (C=O) groups is 2. The van der Waals surface area contributed by atoms with Crippen LogP contribution in [0.15, 0.2) is 24.3 Å². The van der Waals surface area contributed by atoms with Crippen molar-refractivity contribution < 1.29 is 26.9 Å². The Balaban J connectivity index is 2.78. The smallest absolute Gasteiger partial charge is 0.325 e. The Kier molecular flexibility index (Phi) is 8.37. The molecule has 1 atom stereocenters. The van der Waals surface area contributed by atoms with Crippen LogP contribution in [-0.2, 0) is 26.2 Å². The molecule has 0 bridgehead atoms. The highest BCUT2D eigenvalue weighted by Crippen LogP contribution is 2.17. The van der Waals surface area contributed by atoms with Crippen LogP contribution >= 0.6 is 0 Å². The van der Waals surface area contributed by atoms with Crippen LogP contribution in [0, 0.1) is 0 Å². The zero-order valence-corrected chi connectivity index (χ0v) is 16.3. The summed E-state index contributed by atoms with van der Waals surface area (Å²) in [6.45, 7) is 5.93. The van der Waals surface area contributed by atoms with Gasteiger partial charge in [-0.3, -0.25) is 4.79 Å². The van der Waals surface area contributed by atoms with E-state index in [1.807, 2.05) is 13.8 Å². The second kappa shape index (κ2) is 10.0. The van der Waals surface area contributed by atoms with E-state index in [1.165, 1.54) is 12.1 Å². The number of nitrogens with zero attached hydrogens (tertiary/aromatic N) is 1. The van der Waals surface area contributed by atoms with E-state index in [9.17, 15) is 18.0 Å². The van der Waals surface area contributed by atoms with E-state index in [0.717, 1.165) is 18.2 Å². The van der Waals surface area contributed by atoms with Crippen molar-refractivity contribution in [1.29, 1.82) is 0 Å². The second-order valence-electron chi connectivity index (χ2n) is 5.78. The molecule has 0 aliphatic heterocycles. The fraction of sp³-hybridized carbons (Fsp3) is 0.529. The molecule has 0 saturated carbocycles. The highest BCUT2D eigenvalue weighted by Gasteiger charge is 2.20. The van der Waals surface area contributed by atoms with E-state index >= 15 is 0 Å². The fourth-order valence-electron chi connectivity index (χ4n) is 2.13. The molecule has 0 saturated heterocycles. The Morgan fingerprint density at radius 2 is 1.81 bits per heavy atom. The molecular formula is C17H26N2O6S. The summed E-state index contributed by atoms with van der Waals surface area (Å²) in [4.78, 5) is 25.4. The van der Waals surface area contributed by atoms with E-state index in [0.29, 0.717) is 6.54 Å². The van der Waals surface area contributed by atoms with Crippen LogP contribution < -0.4 is 9.50 Å². The highest BCUT2D eigenvalue weighted by molar-refractivity contribution is 7.86. The SMILES string of the molecule is CCOC(=O)CNC(=O)N(Cc1ccc(OS(C)(=O)=O)cc1)C(C)CC. The molecule has 0 aromatic heterocycles.